The third kappa shape index (κ3) is 5.78. The number of hydrogen-bond acceptors (Lipinski definition) is 4. The van der Waals surface area contributed by atoms with E-state index in [1.165, 1.54) is 44.1 Å². The molecule has 0 atom stereocenters. The molecule has 0 fully saturated rings. The molecular weight excluding hydrogens is 857 g/mol. The summed E-state index contributed by atoms with van der Waals surface area (Å²) in [7, 11) is 0. The van der Waals surface area contributed by atoms with Crippen LogP contribution in [0.1, 0.15) is 17.7 Å². The first-order chi connectivity index (χ1) is 34.7. The van der Waals surface area contributed by atoms with Gasteiger partial charge in [-0.25, -0.2) is 4.98 Å². The summed E-state index contributed by atoms with van der Waals surface area (Å²) in [6, 6.07) is 73.2. The number of aromatic nitrogens is 6. The normalized spacial score (nSPS) is 12.7. The van der Waals surface area contributed by atoms with Crippen molar-refractivity contribution in [3.8, 4) is 51.2 Å². The summed E-state index contributed by atoms with van der Waals surface area (Å²) < 4.78 is 13.5. The van der Waals surface area contributed by atoms with Gasteiger partial charge in [0.25, 0.3) is 0 Å². The maximum Gasteiger partial charge on any atom is 0.238 e. The fourth-order valence-corrected chi connectivity index (χ4v) is 11.2. The lowest BCUT2D eigenvalue weighted by atomic mass is 10.00. The van der Waals surface area contributed by atoms with Crippen molar-refractivity contribution in [3.63, 3.8) is 0 Å². The molecule has 14 aromatic rings. The lowest BCUT2D eigenvalue weighted by Crippen LogP contribution is -2.06. The first-order valence-corrected chi connectivity index (χ1v) is 23.9. The molecule has 0 saturated carbocycles. The fraction of sp³-hybridized carbons (Fsp3) is 0.0317. The molecule has 0 aliphatic heterocycles. The summed E-state index contributed by atoms with van der Waals surface area (Å²) in [6.45, 7) is 0. The quantitative estimate of drug-likeness (QED) is 0.167. The Kier molecular flexibility index (Phi) is 8.35. The van der Waals surface area contributed by atoms with Gasteiger partial charge in [0.2, 0.25) is 5.95 Å². The number of furan rings is 1. The topological polar surface area (TPSA) is 66.6 Å². The van der Waals surface area contributed by atoms with Gasteiger partial charge in [0.1, 0.15) is 11.2 Å². The molecule has 15 rings (SSSR count). The maximum atomic E-state index is 6.41. The van der Waals surface area contributed by atoms with Gasteiger partial charge in [0, 0.05) is 65.9 Å². The van der Waals surface area contributed by atoms with Crippen LogP contribution >= 0.6 is 0 Å². The van der Waals surface area contributed by atoms with Gasteiger partial charge in [-0.3, -0.25) is 4.57 Å². The van der Waals surface area contributed by atoms with Gasteiger partial charge in [0.05, 0.1) is 27.6 Å². The molecule has 1 aliphatic rings. The number of fused-ring (bicyclic) bond motifs is 13. The molecule has 7 heteroatoms. The maximum absolute atomic E-state index is 6.41. The van der Waals surface area contributed by atoms with E-state index in [0.29, 0.717) is 17.6 Å². The van der Waals surface area contributed by atoms with E-state index in [1.54, 1.807) is 0 Å². The van der Waals surface area contributed by atoms with Crippen LogP contribution in [0.3, 0.4) is 0 Å². The summed E-state index contributed by atoms with van der Waals surface area (Å²) in [5.74, 6) is 1.67. The predicted molar refractivity (Wildman–Crippen MR) is 286 cm³/mol. The third-order valence-corrected chi connectivity index (χ3v) is 14.4. The number of benzene rings is 9. The van der Waals surface area contributed by atoms with Crippen molar-refractivity contribution in [1.82, 2.24) is 28.7 Å². The van der Waals surface area contributed by atoms with Gasteiger partial charge in [-0.2, -0.15) is 9.97 Å². The second-order valence-electron chi connectivity index (χ2n) is 18.3. The molecule has 1 aliphatic carbocycles. The highest BCUT2D eigenvalue weighted by Crippen LogP contribution is 2.43. The van der Waals surface area contributed by atoms with Crippen LogP contribution in [0.5, 0.6) is 0 Å². The van der Waals surface area contributed by atoms with Crippen LogP contribution in [0.2, 0.25) is 0 Å². The highest BCUT2D eigenvalue weighted by molar-refractivity contribution is 6.19. The van der Waals surface area contributed by atoms with E-state index >= 15 is 0 Å². The van der Waals surface area contributed by atoms with Gasteiger partial charge < -0.3 is 13.6 Å². The number of para-hydroxylation sites is 4. The van der Waals surface area contributed by atoms with E-state index in [1.807, 2.05) is 18.2 Å². The molecule has 0 unspecified atom stereocenters. The van der Waals surface area contributed by atoms with Crippen molar-refractivity contribution < 1.29 is 4.42 Å². The molecule has 0 saturated heterocycles. The molecule has 7 nitrogen and oxygen atoms in total. The van der Waals surface area contributed by atoms with Crippen molar-refractivity contribution in [2.24, 2.45) is 0 Å². The zero-order chi connectivity index (χ0) is 45.9. The van der Waals surface area contributed by atoms with Crippen LogP contribution in [0.4, 0.5) is 0 Å². The Morgan fingerprint density at radius 3 is 1.69 bits per heavy atom. The molecule has 0 amide bonds. The molecule has 0 bridgehead atoms. The Balaban J connectivity index is 0.968. The van der Waals surface area contributed by atoms with E-state index in [-0.39, 0.29) is 0 Å². The van der Waals surface area contributed by atoms with Crippen molar-refractivity contribution >= 4 is 82.5 Å². The highest BCUT2D eigenvalue weighted by Gasteiger charge is 2.25. The van der Waals surface area contributed by atoms with Crippen LogP contribution in [0.15, 0.2) is 217 Å². The minimum absolute atomic E-state index is 0.542. The van der Waals surface area contributed by atoms with Crippen LogP contribution in [-0.2, 0) is 6.42 Å². The Labute approximate surface area is 401 Å². The number of nitrogens with zero attached hydrogens (tertiary/aromatic N) is 6. The molecule has 5 heterocycles. The Morgan fingerprint density at radius 1 is 0.371 bits per heavy atom. The molecular formula is C63H40N6O. The lowest BCUT2D eigenvalue weighted by Gasteiger charge is -2.15. The van der Waals surface area contributed by atoms with E-state index in [4.69, 9.17) is 19.4 Å². The SMILES string of the molecule is C1=Cc2c(c3ccc4c5ccccc5n(-c5cccc(-c6nc(-c7ccc8c(c7)oc7ccccc78)nc(-n7c8ccccc8c8ccccc87)n6)c5)c4c3n2-c2ccc(-c3ccccc3)cc2)CC1. The Bertz CT molecular complexity index is 4420. The minimum Gasteiger partial charge on any atom is -0.456 e. The van der Waals surface area contributed by atoms with Gasteiger partial charge in [-0.15, -0.1) is 0 Å². The largest absolute Gasteiger partial charge is 0.456 e. The number of aryl methyl sites for hydroxylation is 1. The lowest BCUT2D eigenvalue weighted by molar-refractivity contribution is 0.669. The minimum atomic E-state index is 0.542. The Morgan fingerprint density at radius 2 is 0.929 bits per heavy atom. The standard InChI is InChI=1S/C63H40N6O/c1-2-15-39(16-3-1)40-29-32-43(33-30-40)67-53-24-9-6-21-47(53)51-35-36-52-48-22-7-10-25-54(48)68(60(52)59(51)67)44-18-14-17-41(37-44)61-64-62(42-31-34-50-49-23-8-13-28-57(49)70-58(50)38-42)66-63(65-61)69-55-26-11-4-19-45(55)46-20-5-12-27-56(46)69/h1-5,7-20,22-38H,6,21H2. The molecule has 9 aromatic carbocycles. The Hall–Kier alpha value is -9.33. The number of rotatable bonds is 6. The van der Waals surface area contributed by atoms with E-state index in [9.17, 15) is 0 Å². The molecule has 0 spiro atoms. The first-order valence-electron chi connectivity index (χ1n) is 23.9. The van der Waals surface area contributed by atoms with Crippen LogP contribution < -0.4 is 0 Å². The van der Waals surface area contributed by atoms with Crippen molar-refractivity contribution in [2.75, 3.05) is 0 Å². The monoisotopic (exact) mass is 896 g/mol. The predicted octanol–water partition coefficient (Wildman–Crippen LogP) is 15.9. The number of allylic oxidation sites excluding steroid dienone is 1. The van der Waals surface area contributed by atoms with E-state index < -0.39 is 0 Å². The summed E-state index contributed by atoms with van der Waals surface area (Å²) in [4.78, 5) is 16.0. The van der Waals surface area contributed by atoms with Crippen LogP contribution in [0.25, 0.3) is 134 Å². The summed E-state index contributed by atoms with van der Waals surface area (Å²) in [5, 5.41) is 8.08. The van der Waals surface area contributed by atoms with Gasteiger partial charge in [0.15, 0.2) is 11.6 Å². The molecule has 70 heavy (non-hydrogen) atoms. The van der Waals surface area contributed by atoms with Crippen molar-refractivity contribution in [3.05, 3.63) is 224 Å². The van der Waals surface area contributed by atoms with Crippen LogP contribution in [0, 0.1) is 0 Å². The van der Waals surface area contributed by atoms with E-state index in [0.717, 1.165) is 90.1 Å². The average Bonchev–Trinajstić information content (AvgIpc) is 4.18. The summed E-state index contributed by atoms with van der Waals surface area (Å²) >= 11 is 0. The highest BCUT2D eigenvalue weighted by atomic mass is 16.3. The van der Waals surface area contributed by atoms with Crippen LogP contribution in [-0.4, -0.2) is 28.7 Å². The average molecular weight is 897 g/mol. The van der Waals surface area contributed by atoms with Crippen molar-refractivity contribution in [2.45, 2.75) is 12.8 Å². The van der Waals surface area contributed by atoms with Gasteiger partial charge >= 0.3 is 0 Å². The molecule has 5 aromatic heterocycles. The fourth-order valence-electron chi connectivity index (χ4n) is 11.2. The van der Waals surface area contributed by atoms with Crippen molar-refractivity contribution in [1.29, 1.82) is 0 Å². The smallest absolute Gasteiger partial charge is 0.238 e. The first kappa shape index (κ1) is 38.7. The van der Waals surface area contributed by atoms with Gasteiger partial charge in [-0.1, -0.05) is 152 Å². The second kappa shape index (κ2) is 15.1. The van der Waals surface area contributed by atoms with E-state index in [2.05, 4.69) is 214 Å². The zero-order valence-corrected chi connectivity index (χ0v) is 37.8. The molecule has 0 radical (unpaired) electrons. The molecule has 328 valence electrons. The number of hydrogen-bond donors (Lipinski definition) is 0. The summed E-state index contributed by atoms with van der Waals surface area (Å²) in [6.07, 6.45) is 6.64. The molecule has 0 N–H and O–H groups in total. The summed E-state index contributed by atoms with van der Waals surface area (Å²) in [5.41, 5.74) is 16.0. The second-order valence-corrected chi connectivity index (χ2v) is 18.3. The van der Waals surface area contributed by atoms with Gasteiger partial charge in [-0.05, 0) is 96.3 Å². The zero-order valence-electron chi connectivity index (χ0n) is 37.8. The third-order valence-electron chi connectivity index (χ3n) is 14.4.